The summed E-state index contributed by atoms with van der Waals surface area (Å²) in [7, 11) is -3.26. The van der Waals surface area contributed by atoms with Crippen molar-refractivity contribution in [1.29, 1.82) is 0 Å². The molecule has 1 atom stereocenters. The Balaban J connectivity index is 1.32. The highest BCUT2D eigenvalue weighted by atomic mass is 32.2. The molecule has 0 aromatic heterocycles. The molecule has 0 radical (unpaired) electrons. The molecule has 33 heavy (non-hydrogen) atoms. The van der Waals surface area contributed by atoms with Crippen LogP contribution in [-0.2, 0) is 25.9 Å². The summed E-state index contributed by atoms with van der Waals surface area (Å²) in [5.74, 6) is 0.174. The quantitative estimate of drug-likeness (QED) is 0.583. The van der Waals surface area contributed by atoms with Gasteiger partial charge >= 0.3 is 0 Å². The Kier molecular flexibility index (Phi) is 7.11. The minimum Gasteiger partial charge on any atom is -0.326 e. The van der Waals surface area contributed by atoms with Crippen molar-refractivity contribution in [3.05, 3.63) is 59.7 Å². The summed E-state index contributed by atoms with van der Waals surface area (Å²) >= 11 is 0. The van der Waals surface area contributed by atoms with Gasteiger partial charge < -0.3 is 10.2 Å². The average Bonchev–Trinajstić information content (AvgIpc) is 3.43. The molecule has 2 aromatic rings. The van der Waals surface area contributed by atoms with Crippen LogP contribution >= 0.6 is 0 Å². The number of sulfone groups is 1. The van der Waals surface area contributed by atoms with E-state index in [-0.39, 0.29) is 30.2 Å². The van der Waals surface area contributed by atoms with Crippen molar-refractivity contribution < 1.29 is 22.8 Å². The number of anilines is 1. The van der Waals surface area contributed by atoms with Crippen LogP contribution in [0.3, 0.4) is 0 Å². The van der Waals surface area contributed by atoms with E-state index in [2.05, 4.69) is 10.8 Å². The van der Waals surface area contributed by atoms with E-state index in [0.717, 1.165) is 24.8 Å². The molecule has 1 heterocycles. The first-order valence-electron chi connectivity index (χ1n) is 11.3. The van der Waals surface area contributed by atoms with Gasteiger partial charge in [0.2, 0.25) is 5.91 Å². The molecule has 1 unspecified atom stereocenters. The molecule has 1 saturated carbocycles. The van der Waals surface area contributed by atoms with Gasteiger partial charge in [-0.15, -0.1) is 0 Å². The largest absolute Gasteiger partial charge is 0.326 e. The normalized spacial score (nSPS) is 18.2. The number of rotatable bonds is 9. The summed E-state index contributed by atoms with van der Waals surface area (Å²) in [6, 6.07) is 13.3. The highest BCUT2D eigenvalue weighted by molar-refractivity contribution is 7.91. The van der Waals surface area contributed by atoms with Crippen LogP contribution in [0.25, 0.3) is 0 Å². The Labute approximate surface area is 194 Å². The van der Waals surface area contributed by atoms with Gasteiger partial charge in [0.25, 0.3) is 5.91 Å². The topological polar surface area (TPSA) is 105 Å². The Hall–Kier alpha value is -2.75. The van der Waals surface area contributed by atoms with Crippen molar-refractivity contribution in [2.24, 2.45) is 5.92 Å². The van der Waals surface area contributed by atoms with E-state index < -0.39 is 9.84 Å². The van der Waals surface area contributed by atoms with E-state index in [0.29, 0.717) is 35.2 Å². The van der Waals surface area contributed by atoms with Gasteiger partial charge in [-0.25, -0.2) is 8.42 Å². The molecule has 2 aliphatic rings. The van der Waals surface area contributed by atoms with Gasteiger partial charge in [0.15, 0.2) is 9.84 Å². The number of nitrogens with zero attached hydrogens (tertiary/aromatic N) is 1. The molecule has 2 amide bonds. The van der Waals surface area contributed by atoms with Crippen LogP contribution in [0.5, 0.6) is 0 Å². The van der Waals surface area contributed by atoms with E-state index in [4.69, 9.17) is 4.84 Å². The summed E-state index contributed by atoms with van der Waals surface area (Å²) in [4.78, 5) is 32.4. The van der Waals surface area contributed by atoms with E-state index in [9.17, 15) is 18.0 Å². The molecular formula is C24H29N3O5S. The number of hydroxylamine groups is 1. The third-order valence-corrected chi connectivity index (χ3v) is 7.81. The van der Waals surface area contributed by atoms with Gasteiger partial charge in [0, 0.05) is 24.2 Å². The summed E-state index contributed by atoms with van der Waals surface area (Å²) in [6.45, 7) is 3.04. The van der Waals surface area contributed by atoms with Crippen molar-refractivity contribution in [2.45, 2.75) is 43.7 Å². The fourth-order valence-electron chi connectivity index (χ4n) is 3.87. The Bertz CT molecular complexity index is 1090. The van der Waals surface area contributed by atoms with Crippen LogP contribution < -0.4 is 10.8 Å². The summed E-state index contributed by atoms with van der Waals surface area (Å²) < 4.78 is 24.7. The lowest BCUT2D eigenvalue weighted by atomic mass is 10.1. The van der Waals surface area contributed by atoms with E-state index >= 15 is 0 Å². The Morgan fingerprint density at radius 3 is 2.33 bits per heavy atom. The third kappa shape index (κ3) is 5.98. The molecule has 4 rings (SSSR count). The zero-order chi connectivity index (χ0) is 23.4. The monoisotopic (exact) mass is 471 g/mol. The molecule has 9 heteroatoms. The fourth-order valence-corrected chi connectivity index (χ4v) is 5.56. The van der Waals surface area contributed by atoms with Crippen molar-refractivity contribution >= 4 is 27.3 Å². The second kappa shape index (κ2) is 10.0. The fraction of sp³-hybridized carbons (Fsp3) is 0.417. The Morgan fingerprint density at radius 2 is 1.76 bits per heavy atom. The minimum absolute atomic E-state index is 0.102. The average molecular weight is 472 g/mol. The molecule has 8 nitrogen and oxygen atoms in total. The van der Waals surface area contributed by atoms with Gasteiger partial charge in [-0.3, -0.25) is 14.4 Å². The van der Waals surface area contributed by atoms with Crippen LogP contribution in [0.2, 0.25) is 0 Å². The smallest absolute Gasteiger partial charge is 0.255 e. The molecule has 1 aliphatic carbocycles. The maximum atomic E-state index is 12.8. The number of carbonyl (C=O) groups excluding carboxylic acids is 2. The molecule has 0 bridgehead atoms. The van der Waals surface area contributed by atoms with Crippen molar-refractivity contribution in [3.8, 4) is 0 Å². The maximum Gasteiger partial charge on any atom is 0.255 e. The highest BCUT2D eigenvalue weighted by Gasteiger charge is 2.29. The van der Waals surface area contributed by atoms with Crippen LogP contribution in [0.15, 0.2) is 53.4 Å². The molecule has 2 N–H and O–H groups in total. The van der Waals surface area contributed by atoms with E-state index in [1.165, 1.54) is 0 Å². The molecule has 1 saturated heterocycles. The van der Waals surface area contributed by atoms with Crippen molar-refractivity contribution in [3.63, 3.8) is 0 Å². The zero-order valence-electron chi connectivity index (χ0n) is 18.6. The second-order valence-electron chi connectivity index (χ2n) is 8.53. The van der Waals surface area contributed by atoms with Gasteiger partial charge in [0.1, 0.15) is 6.17 Å². The van der Waals surface area contributed by atoms with E-state index in [1.807, 2.05) is 6.92 Å². The molecule has 2 fully saturated rings. The van der Waals surface area contributed by atoms with Crippen molar-refractivity contribution in [2.75, 3.05) is 24.2 Å². The lowest BCUT2D eigenvalue weighted by Crippen LogP contribution is -2.45. The van der Waals surface area contributed by atoms with Crippen LogP contribution in [-0.4, -0.2) is 50.2 Å². The molecule has 0 spiro atoms. The van der Waals surface area contributed by atoms with Gasteiger partial charge in [0.05, 0.1) is 23.7 Å². The first-order chi connectivity index (χ1) is 15.9. The predicted molar refractivity (Wildman–Crippen MR) is 124 cm³/mol. The number of hydrogen-bond acceptors (Lipinski definition) is 6. The molecule has 1 aliphatic heterocycles. The number of amides is 2. The number of hydrogen-bond donors (Lipinski definition) is 2. The lowest BCUT2D eigenvalue weighted by molar-refractivity contribution is -0.115. The molecule has 2 aromatic carbocycles. The van der Waals surface area contributed by atoms with Crippen LogP contribution in [0.4, 0.5) is 5.69 Å². The molecule has 176 valence electrons. The second-order valence-corrected chi connectivity index (χ2v) is 10.6. The first-order valence-corrected chi connectivity index (χ1v) is 12.9. The summed E-state index contributed by atoms with van der Waals surface area (Å²) in [5, 5.41) is 2.82. The van der Waals surface area contributed by atoms with Crippen molar-refractivity contribution in [1.82, 2.24) is 10.4 Å². The minimum atomic E-state index is -3.26. The number of carbonyl (C=O) groups is 2. The van der Waals surface area contributed by atoms with Crippen LogP contribution in [0.1, 0.15) is 42.1 Å². The number of nitrogens with one attached hydrogen (secondary N) is 2. The van der Waals surface area contributed by atoms with Crippen LogP contribution in [0, 0.1) is 5.92 Å². The lowest BCUT2D eigenvalue weighted by Gasteiger charge is -2.26. The molecular weight excluding hydrogens is 442 g/mol. The summed E-state index contributed by atoms with van der Waals surface area (Å²) in [5.41, 5.74) is 4.71. The Morgan fingerprint density at radius 1 is 1.06 bits per heavy atom. The number of benzene rings is 2. The maximum absolute atomic E-state index is 12.8. The van der Waals surface area contributed by atoms with Gasteiger partial charge in [-0.2, -0.15) is 5.48 Å². The first kappa shape index (κ1) is 23.4. The summed E-state index contributed by atoms with van der Waals surface area (Å²) in [6.07, 6.45) is 2.69. The van der Waals surface area contributed by atoms with Gasteiger partial charge in [-0.1, -0.05) is 12.1 Å². The zero-order valence-corrected chi connectivity index (χ0v) is 19.4. The van der Waals surface area contributed by atoms with E-state index in [1.54, 1.807) is 53.4 Å². The predicted octanol–water partition coefficient (Wildman–Crippen LogP) is 2.76. The SMILES string of the molecule is CCN(C(=O)c1ccc(NC(=O)Cc2ccc(S(=O)(=O)CC3CC3)cc2)cc1)C1CCON1. The highest BCUT2D eigenvalue weighted by Crippen LogP contribution is 2.32. The third-order valence-electron chi connectivity index (χ3n) is 5.91. The standard InChI is InChI=1S/C24H29N3O5S/c1-2-27(22-13-14-32-26-22)24(29)19-7-9-20(10-8-19)25-23(28)15-17-5-11-21(12-6-17)33(30,31)16-18-3-4-18/h5-12,18,22,26H,2-4,13-16H2,1H3,(H,25,28). The van der Waals surface area contributed by atoms with Gasteiger partial charge in [-0.05, 0) is 67.6 Å².